The highest BCUT2D eigenvalue weighted by atomic mass is 35.5. The van der Waals surface area contributed by atoms with Crippen LogP contribution in [0.2, 0.25) is 5.02 Å². The van der Waals surface area contributed by atoms with E-state index in [0.29, 0.717) is 10.6 Å². The van der Waals surface area contributed by atoms with Crippen molar-refractivity contribution in [3.63, 3.8) is 0 Å². The van der Waals surface area contributed by atoms with E-state index in [4.69, 9.17) is 16.3 Å². The van der Waals surface area contributed by atoms with Gasteiger partial charge in [-0.15, -0.1) is 0 Å². The van der Waals surface area contributed by atoms with Gasteiger partial charge in [0, 0.05) is 60.4 Å². The molecule has 2 aromatic carbocycles. The van der Waals surface area contributed by atoms with Crippen molar-refractivity contribution in [2.75, 3.05) is 25.6 Å². The van der Waals surface area contributed by atoms with Gasteiger partial charge in [0.2, 0.25) is 5.91 Å². The number of nitrogens with one attached hydrogen (secondary N) is 1. The van der Waals surface area contributed by atoms with Crippen LogP contribution in [0, 0.1) is 11.6 Å². The number of ether oxygens (including phenoxy) is 1. The molecule has 2 heterocycles. The van der Waals surface area contributed by atoms with Crippen molar-refractivity contribution in [1.29, 1.82) is 0 Å². The largest absolute Gasteiger partial charge is 0.497 e. The van der Waals surface area contributed by atoms with E-state index in [2.05, 4.69) is 10.3 Å². The normalized spacial score (nSPS) is 15.2. The third-order valence-corrected chi connectivity index (χ3v) is 5.75. The number of methoxy groups -OCH3 is 1. The molecule has 0 radical (unpaired) electrons. The fourth-order valence-corrected chi connectivity index (χ4v) is 3.88. The first-order chi connectivity index (χ1) is 17.5. The van der Waals surface area contributed by atoms with Crippen LogP contribution in [0.15, 0.2) is 54.7 Å². The van der Waals surface area contributed by atoms with Gasteiger partial charge in [-0.1, -0.05) is 11.6 Å². The van der Waals surface area contributed by atoms with Gasteiger partial charge >= 0.3 is 6.18 Å². The molecular formula is C25H21ClF5N3O3. The lowest BCUT2D eigenvalue weighted by Gasteiger charge is -2.20. The number of rotatable bonds is 4. The molecule has 0 bridgehead atoms. The summed E-state index contributed by atoms with van der Waals surface area (Å²) >= 11 is 5.63. The van der Waals surface area contributed by atoms with Crippen molar-refractivity contribution in [1.82, 2.24) is 10.3 Å². The molecule has 1 aliphatic heterocycles. The number of hydrogen-bond acceptors (Lipinski definition) is 4. The van der Waals surface area contributed by atoms with Gasteiger partial charge in [0.15, 0.2) is 0 Å². The Balaban J connectivity index is 0.000000289. The molecule has 0 saturated carbocycles. The molecular weight excluding hydrogens is 521 g/mol. The molecule has 2 amide bonds. The van der Waals surface area contributed by atoms with Crippen molar-refractivity contribution in [3.8, 4) is 5.75 Å². The maximum absolute atomic E-state index is 14.2. The SMILES string of the molecule is CNC(=O)c1ccc(Cl)cc1.COc1cc(F)c(C2CC(=O)N(c3ncccc3C(F)(F)F)C2)c(F)c1. The Morgan fingerprint density at radius 1 is 1.14 bits per heavy atom. The first-order valence-electron chi connectivity index (χ1n) is 10.8. The van der Waals surface area contributed by atoms with Crippen molar-refractivity contribution < 1.29 is 36.3 Å². The predicted octanol–water partition coefficient (Wildman–Crippen LogP) is 5.61. The minimum Gasteiger partial charge on any atom is -0.497 e. The highest BCUT2D eigenvalue weighted by Gasteiger charge is 2.41. The minimum atomic E-state index is -4.71. The summed E-state index contributed by atoms with van der Waals surface area (Å²) in [6, 6.07) is 10.6. The Hall–Kier alpha value is -3.73. The summed E-state index contributed by atoms with van der Waals surface area (Å²) in [7, 11) is 2.84. The molecule has 0 aliphatic carbocycles. The first kappa shape index (κ1) is 27.9. The minimum absolute atomic E-state index is 0.0333. The molecule has 12 heteroatoms. The molecule has 1 fully saturated rings. The molecule has 1 N–H and O–H groups in total. The summed E-state index contributed by atoms with van der Waals surface area (Å²) in [4.78, 5) is 27.7. The zero-order valence-corrected chi connectivity index (χ0v) is 20.3. The molecule has 4 rings (SSSR count). The summed E-state index contributed by atoms with van der Waals surface area (Å²) in [6.07, 6.45) is -3.91. The average molecular weight is 542 g/mol. The van der Waals surface area contributed by atoms with Crippen LogP contribution < -0.4 is 15.0 Å². The number of carbonyl (C=O) groups excluding carboxylic acids is 2. The van der Waals surface area contributed by atoms with Crippen LogP contribution in [0.1, 0.15) is 33.8 Å². The highest BCUT2D eigenvalue weighted by Crippen LogP contribution is 2.40. The van der Waals surface area contributed by atoms with E-state index in [1.165, 1.54) is 7.11 Å². The summed E-state index contributed by atoms with van der Waals surface area (Å²) < 4.78 is 72.7. The number of nitrogens with zero attached hydrogens (tertiary/aromatic N) is 2. The second kappa shape index (κ2) is 11.5. The van der Waals surface area contributed by atoms with Crippen molar-refractivity contribution in [2.45, 2.75) is 18.5 Å². The van der Waals surface area contributed by atoms with Crippen LogP contribution in [0.5, 0.6) is 5.75 Å². The third kappa shape index (κ3) is 6.53. The van der Waals surface area contributed by atoms with Crippen molar-refractivity contribution in [3.05, 3.63) is 88.1 Å². The number of hydrogen-bond donors (Lipinski definition) is 1. The fourth-order valence-electron chi connectivity index (χ4n) is 3.75. The molecule has 1 atom stereocenters. The monoisotopic (exact) mass is 541 g/mol. The molecule has 1 unspecified atom stereocenters. The lowest BCUT2D eigenvalue weighted by Crippen LogP contribution is -2.28. The van der Waals surface area contributed by atoms with Gasteiger partial charge in [0.05, 0.1) is 12.7 Å². The quantitative estimate of drug-likeness (QED) is 0.436. The Labute approximate surface area is 214 Å². The molecule has 196 valence electrons. The Morgan fingerprint density at radius 3 is 2.30 bits per heavy atom. The van der Waals surface area contributed by atoms with Crippen molar-refractivity contribution >= 4 is 29.2 Å². The Morgan fingerprint density at radius 2 is 1.76 bits per heavy atom. The molecule has 1 saturated heterocycles. The lowest BCUT2D eigenvalue weighted by molar-refractivity contribution is -0.137. The zero-order valence-electron chi connectivity index (χ0n) is 19.6. The van der Waals surface area contributed by atoms with E-state index in [-0.39, 0.29) is 30.2 Å². The molecule has 6 nitrogen and oxygen atoms in total. The summed E-state index contributed by atoms with van der Waals surface area (Å²) in [6.45, 7) is -0.306. The number of amides is 2. The fraction of sp³-hybridized carbons (Fsp3) is 0.240. The van der Waals surface area contributed by atoms with Gasteiger partial charge in [0.25, 0.3) is 5.91 Å². The number of pyridine rings is 1. The maximum Gasteiger partial charge on any atom is 0.419 e. The standard InChI is InChI=1S/C17H13F5N2O2.C8H8ClNO/c1-26-10-6-12(18)15(13(19)7-10)9-5-14(25)24(8-9)16-11(17(20,21)22)3-2-4-23-16;1-10-8(11)6-2-4-7(9)5-3-6/h2-4,6-7,9H,5,8H2,1H3;2-5H,1H3,(H,10,11). The number of halogens is 6. The first-order valence-corrected chi connectivity index (χ1v) is 11.2. The van der Waals surface area contributed by atoms with Crippen LogP contribution >= 0.6 is 11.6 Å². The smallest absolute Gasteiger partial charge is 0.419 e. The Kier molecular flexibility index (Phi) is 8.69. The van der Waals surface area contributed by atoms with E-state index in [0.717, 1.165) is 35.4 Å². The maximum atomic E-state index is 14.2. The van der Waals surface area contributed by atoms with Crippen LogP contribution in [0.25, 0.3) is 0 Å². The predicted molar refractivity (Wildman–Crippen MR) is 127 cm³/mol. The molecule has 1 aromatic heterocycles. The number of alkyl halides is 3. The van der Waals surface area contributed by atoms with Gasteiger partial charge in [-0.25, -0.2) is 13.8 Å². The Bertz CT molecular complexity index is 1260. The topological polar surface area (TPSA) is 71.5 Å². The number of aromatic nitrogens is 1. The lowest BCUT2D eigenvalue weighted by atomic mass is 9.97. The van der Waals surface area contributed by atoms with E-state index < -0.39 is 41.0 Å². The van der Waals surface area contributed by atoms with Crippen molar-refractivity contribution in [2.24, 2.45) is 0 Å². The second-order valence-electron chi connectivity index (χ2n) is 7.87. The van der Waals surface area contributed by atoms with Gasteiger partial charge in [0.1, 0.15) is 23.2 Å². The van der Waals surface area contributed by atoms with E-state index in [9.17, 15) is 31.5 Å². The molecule has 0 spiro atoms. The third-order valence-electron chi connectivity index (χ3n) is 5.50. The van der Waals surface area contributed by atoms with Gasteiger partial charge in [-0.05, 0) is 36.4 Å². The van der Waals surface area contributed by atoms with Gasteiger partial charge < -0.3 is 10.1 Å². The number of carbonyl (C=O) groups is 2. The molecule has 3 aromatic rings. The number of anilines is 1. The van der Waals surface area contributed by atoms with Crippen LogP contribution in [-0.4, -0.2) is 37.5 Å². The van der Waals surface area contributed by atoms with E-state index in [1.807, 2.05) is 0 Å². The van der Waals surface area contributed by atoms with Gasteiger partial charge in [-0.3, -0.25) is 14.5 Å². The number of benzene rings is 2. The zero-order chi connectivity index (χ0) is 27.3. The van der Waals surface area contributed by atoms with E-state index >= 15 is 0 Å². The van der Waals surface area contributed by atoms with Crippen LogP contribution in [0.4, 0.5) is 27.8 Å². The molecule has 37 heavy (non-hydrogen) atoms. The van der Waals surface area contributed by atoms with Crippen LogP contribution in [0.3, 0.4) is 0 Å². The summed E-state index contributed by atoms with van der Waals surface area (Å²) in [5.41, 5.74) is -0.812. The summed E-state index contributed by atoms with van der Waals surface area (Å²) in [5, 5.41) is 3.16. The average Bonchev–Trinajstić information content (AvgIpc) is 3.24. The summed E-state index contributed by atoms with van der Waals surface area (Å²) in [5.74, 6) is -4.15. The van der Waals surface area contributed by atoms with E-state index in [1.54, 1.807) is 31.3 Å². The molecule has 1 aliphatic rings. The van der Waals surface area contributed by atoms with Gasteiger partial charge in [-0.2, -0.15) is 13.2 Å². The second-order valence-corrected chi connectivity index (χ2v) is 8.30. The highest BCUT2D eigenvalue weighted by molar-refractivity contribution is 6.30. The van der Waals surface area contributed by atoms with Crippen LogP contribution in [-0.2, 0) is 11.0 Å².